The number of aromatic nitrogens is 2. The molecule has 0 amide bonds. The lowest BCUT2D eigenvalue weighted by molar-refractivity contribution is 0.319. The Hall–Kier alpha value is -3.24. The molecule has 0 saturated carbocycles. The molecule has 0 spiro atoms. The maximum Gasteiger partial charge on any atom is 0.142 e. The minimum atomic E-state index is -0.116. The molecule has 1 atom stereocenters. The van der Waals surface area contributed by atoms with E-state index < -0.39 is 0 Å². The number of aryl methyl sites for hydroxylation is 2. The van der Waals surface area contributed by atoms with Gasteiger partial charge in [-0.2, -0.15) is 0 Å². The lowest BCUT2D eigenvalue weighted by Gasteiger charge is -2.06. The maximum absolute atomic E-state index is 12.6. The Morgan fingerprint density at radius 2 is 1.72 bits per heavy atom. The van der Waals surface area contributed by atoms with Crippen molar-refractivity contribution in [3.05, 3.63) is 95.1 Å². The van der Waals surface area contributed by atoms with E-state index in [1.165, 1.54) is 6.07 Å². The summed E-state index contributed by atoms with van der Waals surface area (Å²) in [7, 11) is 2.62. The number of pyridine rings is 1. The van der Waals surface area contributed by atoms with Crippen LogP contribution in [0.4, 0.5) is 10.2 Å². The quantitative estimate of drug-likeness (QED) is 0.227. The van der Waals surface area contributed by atoms with Crippen molar-refractivity contribution in [1.29, 1.82) is 0 Å². The molecule has 29 heavy (non-hydrogen) atoms. The fourth-order valence-electron chi connectivity index (χ4n) is 2.77. The first kappa shape index (κ1) is 20.5. The number of nitrogens with two attached hydrogens (primary N) is 1. The molecule has 0 aliphatic rings. The van der Waals surface area contributed by atoms with Crippen LogP contribution in [0.15, 0.2) is 72.1 Å². The number of imidazole rings is 1. The van der Waals surface area contributed by atoms with Gasteiger partial charge in [-0.25, -0.2) is 9.37 Å². The Morgan fingerprint density at radius 3 is 2.34 bits per heavy atom. The second-order valence-corrected chi connectivity index (χ2v) is 7.34. The number of nitrogens with zero attached hydrogens (tertiary/aromatic N) is 3. The second kappa shape index (κ2) is 8.84. The monoisotopic (exact) mass is 408 g/mol. The van der Waals surface area contributed by atoms with Gasteiger partial charge in [0.05, 0.1) is 6.20 Å². The number of fused-ring (bicyclic) bond motifs is 1. The largest absolute Gasteiger partial charge is 0.410 e. The lowest BCUT2D eigenvalue weighted by Crippen LogP contribution is -2.06. The summed E-state index contributed by atoms with van der Waals surface area (Å²) in [6.07, 6.45) is 3.56. The third-order valence-electron chi connectivity index (χ3n) is 4.35. The van der Waals surface area contributed by atoms with E-state index in [2.05, 4.69) is 19.4 Å². The molecule has 0 saturated heterocycles. The van der Waals surface area contributed by atoms with E-state index >= 15 is 0 Å². The van der Waals surface area contributed by atoms with Gasteiger partial charge < -0.3 is 15.3 Å². The number of oxime groups is 1. The number of hydrogen-bond donors (Lipinski definition) is 2. The molecule has 0 radical (unpaired) electrons. The number of anilines is 1. The van der Waals surface area contributed by atoms with Gasteiger partial charge in [0.2, 0.25) is 0 Å². The highest BCUT2D eigenvalue weighted by atomic mass is 31.0. The summed E-state index contributed by atoms with van der Waals surface area (Å²) in [6, 6.07) is 16.6. The molecule has 4 rings (SSSR count). The van der Waals surface area contributed by atoms with Crippen molar-refractivity contribution in [2.45, 2.75) is 13.8 Å². The van der Waals surface area contributed by atoms with Crippen LogP contribution in [0.5, 0.6) is 0 Å². The average molecular weight is 408 g/mol. The molecule has 0 bridgehead atoms. The van der Waals surface area contributed by atoms with Gasteiger partial charge in [0.15, 0.2) is 0 Å². The summed E-state index contributed by atoms with van der Waals surface area (Å²) in [4.78, 5) is 4.16. The number of rotatable bonds is 2. The fourth-order valence-corrected chi connectivity index (χ4v) is 2.96. The number of nitrogen functional groups attached to an aromatic ring is 1. The van der Waals surface area contributed by atoms with E-state index in [1.807, 2.05) is 55.6 Å². The molecule has 7 heteroatoms. The highest BCUT2D eigenvalue weighted by Gasteiger charge is 2.09. The molecule has 5 nitrogen and oxygen atoms in total. The van der Waals surface area contributed by atoms with Crippen LogP contribution >= 0.6 is 9.24 Å². The molecular formula is C22H22FN4OP. The van der Waals surface area contributed by atoms with Gasteiger partial charge in [-0.1, -0.05) is 41.6 Å². The first-order valence-corrected chi connectivity index (χ1v) is 9.50. The summed E-state index contributed by atoms with van der Waals surface area (Å²) in [5.41, 5.74) is 10.2. The molecule has 0 aliphatic carbocycles. The number of hydrogen-bond acceptors (Lipinski definition) is 4. The van der Waals surface area contributed by atoms with Crippen molar-refractivity contribution in [1.82, 2.24) is 9.38 Å². The predicted octanol–water partition coefficient (Wildman–Crippen LogP) is 4.09. The van der Waals surface area contributed by atoms with Crippen LogP contribution in [0.25, 0.3) is 5.65 Å². The summed E-state index contributed by atoms with van der Waals surface area (Å²) in [6.45, 7) is 3.64. The van der Waals surface area contributed by atoms with Crippen molar-refractivity contribution in [3.8, 4) is 0 Å². The molecule has 2 aromatic heterocycles. The van der Waals surface area contributed by atoms with Gasteiger partial charge >= 0.3 is 0 Å². The molecule has 0 fully saturated rings. The Morgan fingerprint density at radius 1 is 1.03 bits per heavy atom. The highest BCUT2D eigenvalue weighted by Crippen LogP contribution is 2.14. The first-order chi connectivity index (χ1) is 13.9. The van der Waals surface area contributed by atoms with Crippen molar-refractivity contribution in [2.24, 2.45) is 5.16 Å². The predicted molar refractivity (Wildman–Crippen MR) is 119 cm³/mol. The van der Waals surface area contributed by atoms with E-state index in [0.29, 0.717) is 17.1 Å². The van der Waals surface area contributed by atoms with Crippen LogP contribution < -0.4 is 11.0 Å². The maximum atomic E-state index is 12.6. The van der Waals surface area contributed by atoms with Gasteiger partial charge in [0.25, 0.3) is 0 Å². The summed E-state index contributed by atoms with van der Waals surface area (Å²) < 4.78 is 14.4. The van der Waals surface area contributed by atoms with Crippen LogP contribution in [-0.2, 0) is 0 Å². The van der Waals surface area contributed by atoms with Crippen molar-refractivity contribution < 1.29 is 9.60 Å². The summed E-state index contributed by atoms with van der Waals surface area (Å²) >= 11 is 0. The third-order valence-corrected chi connectivity index (χ3v) is 4.74. The van der Waals surface area contributed by atoms with Gasteiger partial charge in [-0.05, 0) is 48.5 Å². The molecule has 1 unspecified atom stereocenters. The molecule has 3 N–H and O–H groups in total. The van der Waals surface area contributed by atoms with E-state index in [9.17, 15) is 9.60 Å². The van der Waals surface area contributed by atoms with Crippen LogP contribution in [0, 0.1) is 19.7 Å². The van der Waals surface area contributed by atoms with E-state index in [4.69, 9.17) is 5.73 Å². The van der Waals surface area contributed by atoms with Gasteiger partial charge in [0.1, 0.15) is 23.0 Å². The molecule has 2 heterocycles. The fraction of sp³-hybridized carbons (Fsp3) is 0.0909. The van der Waals surface area contributed by atoms with Crippen LogP contribution in [0.1, 0.15) is 22.3 Å². The zero-order chi connectivity index (χ0) is 21.0. The standard InChI is InChI=1S/C14H13N4OP.C8H9F/c15-12-8-18-7-10(3-6-13(18)16-12)14(17-19)9-1-4-11(20)5-2-9;1-6-3-4-7(2)8(9)5-6/h1-8,19H,15,20H2;3-5H,1-2H3/b17-14+;. The first-order valence-electron chi connectivity index (χ1n) is 8.92. The normalized spacial score (nSPS) is 11.2. The zero-order valence-corrected chi connectivity index (χ0v) is 17.3. The van der Waals surface area contributed by atoms with Gasteiger partial charge in [-0.15, -0.1) is 9.24 Å². The minimum absolute atomic E-state index is 0.116. The van der Waals surface area contributed by atoms with Crippen molar-refractivity contribution in [3.63, 3.8) is 0 Å². The second-order valence-electron chi connectivity index (χ2n) is 6.67. The Kier molecular flexibility index (Phi) is 6.25. The topological polar surface area (TPSA) is 75.9 Å². The van der Waals surface area contributed by atoms with Crippen LogP contribution in [0.2, 0.25) is 0 Å². The van der Waals surface area contributed by atoms with E-state index in [-0.39, 0.29) is 5.82 Å². The number of halogens is 1. The zero-order valence-electron chi connectivity index (χ0n) is 16.2. The Labute approximate surface area is 170 Å². The highest BCUT2D eigenvalue weighted by molar-refractivity contribution is 7.27. The SMILES string of the molecule is Cc1ccc(C)c(F)c1.Nc1cn2cc(/C(=N/O)c3ccc(P)cc3)ccc2n1. The van der Waals surface area contributed by atoms with E-state index in [1.54, 1.807) is 23.6 Å². The molecule has 4 aromatic rings. The van der Waals surface area contributed by atoms with E-state index in [0.717, 1.165) is 27.6 Å². The third kappa shape index (κ3) is 4.98. The molecule has 148 valence electrons. The van der Waals surface area contributed by atoms with Crippen molar-refractivity contribution in [2.75, 3.05) is 5.73 Å². The average Bonchev–Trinajstić information content (AvgIpc) is 3.07. The molecule has 2 aromatic carbocycles. The lowest BCUT2D eigenvalue weighted by atomic mass is 10.0. The summed E-state index contributed by atoms with van der Waals surface area (Å²) in [5.74, 6) is 0.340. The number of benzene rings is 2. The Bertz CT molecular complexity index is 1170. The summed E-state index contributed by atoms with van der Waals surface area (Å²) in [5, 5.41) is 13.8. The van der Waals surface area contributed by atoms with Crippen LogP contribution in [-0.4, -0.2) is 20.3 Å². The van der Waals surface area contributed by atoms with Crippen LogP contribution in [0.3, 0.4) is 0 Å². The smallest absolute Gasteiger partial charge is 0.142 e. The molecular weight excluding hydrogens is 386 g/mol. The van der Waals surface area contributed by atoms with Gasteiger partial charge in [-0.3, -0.25) is 0 Å². The Balaban J connectivity index is 0.000000224. The minimum Gasteiger partial charge on any atom is -0.410 e. The van der Waals surface area contributed by atoms with Crippen molar-refractivity contribution >= 4 is 31.7 Å². The molecule has 0 aliphatic heterocycles. The van der Waals surface area contributed by atoms with Gasteiger partial charge in [0, 0.05) is 17.3 Å².